The summed E-state index contributed by atoms with van der Waals surface area (Å²) in [5.41, 5.74) is 1.82. The number of ether oxygens (including phenoxy) is 5. The molecule has 3 aromatic carbocycles. The fourth-order valence-electron chi connectivity index (χ4n) is 4.88. The van der Waals surface area contributed by atoms with Crippen molar-refractivity contribution in [3.63, 3.8) is 0 Å². The van der Waals surface area contributed by atoms with Crippen LogP contribution in [0.4, 0.5) is 0 Å². The van der Waals surface area contributed by atoms with Gasteiger partial charge < -0.3 is 23.7 Å². The monoisotopic (exact) mass is 668 g/mol. The topological polar surface area (TPSA) is 97.6 Å². The van der Waals surface area contributed by atoms with Crippen LogP contribution < -0.4 is 33.8 Å². The summed E-state index contributed by atoms with van der Waals surface area (Å²) in [6.07, 6.45) is 3.16. The molecule has 1 aromatic heterocycles. The Balaban J connectivity index is 1.62. The molecule has 0 amide bonds. The van der Waals surface area contributed by atoms with Crippen LogP contribution in [0.5, 0.6) is 23.0 Å². The van der Waals surface area contributed by atoms with E-state index in [1.807, 2.05) is 19.9 Å². The first kappa shape index (κ1) is 32.2. The van der Waals surface area contributed by atoms with E-state index >= 15 is 0 Å². The van der Waals surface area contributed by atoms with Gasteiger partial charge in [0, 0.05) is 27.4 Å². The van der Waals surface area contributed by atoms with Crippen molar-refractivity contribution in [2.45, 2.75) is 26.5 Å². The molecular formula is C33H30Cl2N2O7S. The Morgan fingerprint density at radius 2 is 1.76 bits per heavy atom. The second kappa shape index (κ2) is 14.2. The molecule has 9 nitrogen and oxygen atoms in total. The summed E-state index contributed by atoms with van der Waals surface area (Å²) in [5.74, 6) is 1.36. The molecule has 1 atom stereocenters. The summed E-state index contributed by atoms with van der Waals surface area (Å²) in [7, 11) is 2.83. The third-order valence-corrected chi connectivity index (χ3v) is 8.50. The van der Waals surface area contributed by atoms with Gasteiger partial charge in [0.2, 0.25) is 0 Å². The smallest absolute Gasteiger partial charge is 0.337 e. The Kier molecular flexibility index (Phi) is 10.2. The van der Waals surface area contributed by atoms with Crippen molar-refractivity contribution in [1.29, 1.82) is 0 Å². The first-order valence-electron chi connectivity index (χ1n) is 14.0. The van der Waals surface area contributed by atoms with E-state index in [1.54, 1.807) is 54.6 Å². The van der Waals surface area contributed by atoms with Crippen molar-refractivity contribution in [1.82, 2.24) is 4.57 Å². The summed E-state index contributed by atoms with van der Waals surface area (Å²) in [4.78, 5) is 31.9. The van der Waals surface area contributed by atoms with Gasteiger partial charge in [0.1, 0.15) is 6.61 Å². The molecule has 2 heterocycles. The number of fused-ring (bicyclic) bond motifs is 1. The van der Waals surface area contributed by atoms with Gasteiger partial charge in [-0.05, 0) is 55.8 Å². The summed E-state index contributed by atoms with van der Waals surface area (Å²) >= 11 is 13.6. The van der Waals surface area contributed by atoms with Gasteiger partial charge in [-0.15, -0.1) is 0 Å². The minimum absolute atomic E-state index is 0.140. The van der Waals surface area contributed by atoms with Crippen molar-refractivity contribution in [2.24, 2.45) is 4.99 Å². The lowest BCUT2D eigenvalue weighted by atomic mass is 9.97. The molecule has 0 bridgehead atoms. The van der Waals surface area contributed by atoms with Crippen molar-refractivity contribution in [3.05, 3.63) is 113 Å². The maximum atomic E-state index is 14.1. The number of hydrogen-bond donors (Lipinski definition) is 0. The molecule has 234 valence electrons. The average Bonchev–Trinajstić information content (AvgIpc) is 3.35. The van der Waals surface area contributed by atoms with Crippen LogP contribution in [-0.2, 0) is 16.1 Å². The second-order valence-electron chi connectivity index (χ2n) is 9.65. The molecule has 0 N–H and O–H groups in total. The number of halogens is 2. The van der Waals surface area contributed by atoms with Gasteiger partial charge in [-0.1, -0.05) is 58.8 Å². The molecule has 0 unspecified atom stereocenters. The normalized spacial score (nSPS) is 14.2. The standard InChI is InChI=1S/C33H30Cl2N2O7S/c1-5-42-25-13-11-19(14-27(25)43-6-2)29-23(32(39)41-4)17-36-33-37(29)31(38)28(45-33)15-20-8-7-9-26(40-3)30(20)44-18-21-10-12-22(34)16-24(21)35/h7-17,29H,5-6,18H2,1-4H3/b28-15+/t29-/m1/s1. The van der Waals surface area contributed by atoms with Crippen LogP contribution in [-0.4, -0.2) is 38.0 Å². The first-order valence-corrected chi connectivity index (χ1v) is 15.6. The SMILES string of the molecule is CCOc1ccc([C@@H]2C(C(=O)OC)=CN=c3s/c(=C/c4cccc(OC)c4OCc4ccc(Cl)cc4Cl)c(=O)n32)cc1OCC. The zero-order valence-corrected chi connectivity index (χ0v) is 27.3. The first-order chi connectivity index (χ1) is 21.8. The lowest BCUT2D eigenvalue weighted by Crippen LogP contribution is -2.39. The van der Waals surface area contributed by atoms with Gasteiger partial charge in [0.05, 0.1) is 43.6 Å². The van der Waals surface area contributed by atoms with E-state index in [4.69, 9.17) is 46.9 Å². The van der Waals surface area contributed by atoms with Crippen molar-refractivity contribution >= 4 is 46.6 Å². The number of methoxy groups -OCH3 is 2. The maximum absolute atomic E-state index is 14.1. The lowest BCUT2D eigenvalue weighted by molar-refractivity contribution is -0.136. The van der Waals surface area contributed by atoms with Crippen LogP contribution in [0.1, 0.15) is 36.6 Å². The third kappa shape index (κ3) is 6.73. The quantitative estimate of drug-likeness (QED) is 0.189. The molecule has 0 spiro atoms. The van der Waals surface area contributed by atoms with Crippen LogP contribution >= 0.6 is 34.5 Å². The molecule has 0 saturated carbocycles. The average molecular weight is 670 g/mol. The number of thiazole rings is 1. The summed E-state index contributed by atoms with van der Waals surface area (Å²) in [6.45, 7) is 4.74. The van der Waals surface area contributed by atoms with E-state index in [9.17, 15) is 9.59 Å². The number of esters is 1. The van der Waals surface area contributed by atoms with E-state index in [0.29, 0.717) is 66.7 Å². The summed E-state index contributed by atoms with van der Waals surface area (Å²) < 4.78 is 30.3. The molecule has 12 heteroatoms. The zero-order chi connectivity index (χ0) is 32.1. The predicted octanol–water partition coefficient (Wildman–Crippen LogP) is 5.71. The molecule has 4 aromatic rings. The highest BCUT2D eigenvalue weighted by Crippen LogP contribution is 2.36. The predicted molar refractivity (Wildman–Crippen MR) is 174 cm³/mol. The Bertz CT molecular complexity index is 1950. The summed E-state index contributed by atoms with van der Waals surface area (Å²) in [6, 6.07) is 15.1. The van der Waals surface area contributed by atoms with Gasteiger partial charge in [-0.3, -0.25) is 9.36 Å². The number of benzene rings is 3. The number of aromatic nitrogens is 1. The molecule has 0 saturated heterocycles. The lowest BCUT2D eigenvalue weighted by Gasteiger charge is -2.23. The minimum Gasteiger partial charge on any atom is -0.493 e. The van der Waals surface area contributed by atoms with Gasteiger partial charge >= 0.3 is 5.97 Å². The molecule has 5 rings (SSSR count). The minimum atomic E-state index is -0.821. The Hall–Kier alpha value is -4.25. The van der Waals surface area contributed by atoms with Crippen LogP contribution in [0.2, 0.25) is 10.0 Å². The highest BCUT2D eigenvalue weighted by atomic mass is 35.5. The number of carbonyl (C=O) groups excluding carboxylic acids is 1. The van der Waals surface area contributed by atoms with Crippen molar-refractivity contribution < 1.29 is 28.5 Å². The van der Waals surface area contributed by atoms with Crippen molar-refractivity contribution in [3.8, 4) is 23.0 Å². The second-order valence-corrected chi connectivity index (χ2v) is 11.5. The van der Waals surface area contributed by atoms with E-state index in [-0.39, 0.29) is 17.7 Å². The fourth-order valence-corrected chi connectivity index (χ4v) is 6.30. The number of para-hydroxylation sites is 1. The molecular weight excluding hydrogens is 639 g/mol. The molecule has 1 aliphatic rings. The van der Waals surface area contributed by atoms with Crippen molar-refractivity contribution in [2.75, 3.05) is 27.4 Å². The highest BCUT2D eigenvalue weighted by Gasteiger charge is 2.31. The van der Waals surface area contributed by atoms with Crippen LogP contribution in [0.25, 0.3) is 6.08 Å². The number of hydrogen-bond acceptors (Lipinski definition) is 9. The largest absolute Gasteiger partial charge is 0.493 e. The molecule has 45 heavy (non-hydrogen) atoms. The Morgan fingerprint density at radius 3 is 2.47 bits per heavy atom. The van der Waals surface area contributed by atoms with E-state index in [0.717, 1.165) is 5.56 Å². The number of nitrogens with zero attached hydrogens (tertiary/aromatic N) is 2. The zero-order valence-electron chi connectivity index (χ0n) is 25.0. The van der Waals surface area contributed by atoms with Gasteiger partial charge in [0.15, 0.2) is 27.8 Å². The van der Waals surface area contributed by atoms with Gasteiger partial charge in [0.25, 0.3) is 5.56 Å². The molecule has 0 radical (unpaired) electrons. The van der Waals surface area contributed by atoms with Gasteiger partial charge in [-0.25, -0.2) is 9.79 Å². The highest BCUT2D eigenvalue weighted by molar-refractivity contribution is 7.07. The Labute approximate surface area is 273 Å². The van der Waals surface area contributed by atoms with Crippen LogP contribution in [0, 0.1) is 0 Å². The molecule has 0 aliphatic carbocycles. The summed E-state index contributed by atoms with van der Waals surface area (Å²) in [5, 5.41) is 0.987. The van der Waals surface area contributed by atoms with Crippen LogP contribution in [0.3, 0.4) is 0 Å². The maximum Gasteiger partial charge on any atom is 0.337 e. The van der Waals surface area contributed by atoms with E-state index in [1.165, 1.54) is 36.3 Å². The fraction of sp³-hybridized carbons (Fsp3) is 0.242. The van der Waals surface area contributed by atoms with Crippen LogP contribution in [0.15, 0.2) is 76.2 Å². The molecule has 0 fully saturated rings. The number of carbonyl (C=O) groups is 1. The van der Waals surface area contributed by atoms with Gasteiger partial charge in [-0.2, -0.15) is 0 Å². The Morgan fingerprint density at radius 1 is 0.978 bits per heavy atom. The third-order valence-electron chi connectivity index (χ3n) is 6.91. The molecule has 1 aliphatic heterocycles. The van der Waals surface area contributed by atoms with E-state index < -0.39 is 12.0 Å². The van der Waals surface area contributed by atoms with E-state index in [2.05, 4.69) is 4.99 Å². The number of rotatable bonds is 11.